The van der Waals surface area contributed by atoms with E-state index in [1.54, 1.807) is 7.11 Å². The molecule has 0 radical (unpaired) electrons. The van der Waals surface area contributed by atoms with Gasteiger partial charge in [-0.3, -0.25) is 4.79 Å². The van der Waals surface area contributed by atoms with Crippen molar-refractivity contribution in [3.8, 4) is 5.75 Å². The first-order chi connectivity index (χ1) is 10.3. The van der Waals surface area contributed by atoms with Crippen LogP contribution in [0.4, 0.5) is 0 Å². The number of hydrogen-bond acceptors (Lipinski definition) is 3. The summed E-state index contributed by atoms with van der Waals surface area (Å²) in [5.74, 6) is 1.02. The zero-order valence-electron chi connectivity index (χ0n) is 11.7. The van der Waals surface area contributed by atoms with E-state index in [4.69, 9.17) is 9.15 Å². The van der Waals surface area contributed by atoms with E-state index in [-0.39, 0.29) is 11.8 Å². The van der Waals surface area contributed by atoms with Gasteiger partial charge in [-0.05, 0) is 17.7 Å². The van der Waals surface area contributed by atoms with Gasteiger partial charge >= 0.3 is 0 Å². The third-order valence-electron chi connectivity index (χ3n) is 4.16. The fraction of sp³-hybridized carbons (Fsp3) is 0.235. The molecule has 3 aromatic rings. The zero-order valence-corrected chi connectivity index (χ0v) is 11.7. The predicted octanol–water partition coefficient (Wildman–Crippen LogP) is 3.20. The minimum absolute atomic E-state index is 0.108. The number of methoxy groups -OCH3 is 1. The van der Waals surface area contributed by atoms with E-state index >= 15 is 0 Å². The summed E-state index contributed by atoms with van der Waals surface area (Å²) in [6.07, 6.45) is 0.529. The van der Waals surface area contributed by atoms with Crippen LogP contribution >= 0.6 is 0 Å². The Kier molecular flexibility index (Phi) is 2.64. The first kappa shape index (κ1) is 12.3. The van der Waals surface area contributed by atoms with Gasteiger partial charge in [-0.1, -0.05) is 24.3 Å². The minimum atomic E-state index is 0.108. The smallest absolute Gasteiger partial charge is 0.220 e. The maximum atomic E-state index is 11.5. The number of nitrogens with one attached hydrogen (secondary N) is 1. The van der Waals surface area contributed by atoms with Crippen LogP contribution in [0.25, 0.3) is 21.9 Å². The average Bonchev–Trinajstić information content (AvgIpc) is 3.10. The lowest BCUT2D eigenvalue weighted by molar-refractivity contribution is -0.119. The standard InChI is InChI=1S/C17H15NO3/c1-20-14-7-6-11(10-8-15(19)18-9-10)16-12-4-2-3-5-13(12)21-17(14)16/h2-7,10H,8-9H2,1H3,(H,18,19). The van der Waals surface area contributed by atoms with E-state index in [1.807, 2.05) is 36.4 Å². The van der Waals surface area contributed by atoms with Gasteiger partial charge in [-0.15, -0.1) is 0 Å². The number of rotatable bonds is 2. The Morgan fingerprint density at radius 1 is 1.24 bits per heavy atom. The molecular weight excluding hydrogens is 266 g/mol. The summed E-state index contributed by atoms with van der Waals surface area (Å²) in [6.45, 7) is 0.680. The quantitative estimate of drug-likeness (QED) is 0.784. The van der Waals surface area contributed by atoms with Crippen molar-refractivity contribution in [1.29, 1.82) is 0 Å². The Labute approximate surface area is 121 Å². The Bertz CT molecular complexity index is 850. The lowest BCUT2D eigenvalue weighted by Gasteiger charge is -2.11. The molecule has 1 fully saturated rings. The fourth-order valence-electron chi connectivity index (χ4n) is 3.16. The van der Waals surface area contributed by atoms with E-state index in [0.717, 1.165) is 33.3 Å². The van der Waals surface area contributed by atoms with E-state index in [1.165, 1.54) is 0 Å². The van der Waals surface area contributed by atoms with Gasteiger partial charge in [-0.2, -0.15) is 0 Å². The molecule has 1 saturated heterocycles. The lowest BCUT2D eigenvalue weighted by Crippen LogP contribution is -2.13. The van der Waals surface area contributed by atoms with Crippen molar-refractivity contribution in [1.82, 2.24) is 5.32 Å². The summed E-state index contributed by atoms with van der Waals surface area (Å²) in [4.78, 5) is 11.5. The first-order valence-electron chi connectivity index (χ1n) is 7.03. The summed E-state index contributed by atoms with van der Waals surface area (Å²) in [5, 5.41) is 5.03. The molecule has 1 N–H and O–H groups in total. The molecule has 1 aliphatic heterocycles. The van der Waals surface area contributed by atoms with Crippen LogP contribution in [0.15, 0.2) is 40.8 Å². The van der Waals surface area contributed by atoms with Crippen molar-refractivity contribution >= 4 is 27.8 Å². The number of para-hydroxylation sites is 1. The van der Waals surface area contributed by atoms with Crippen molar-refractivity contribution in [2.24, 2.45) is 0 Å². The van der Waals surface area contributed by atoms with Crippen molar-refractivity contribution in [3.63, 3.8) is 0 Å². The molecule has 1 atom stereocenters. The summed E-state index contributed by atoms with van der Waals surface area (Å²) in [6, 6.07) is 11.9. The molecule has 21 heavy (non-hydrogen) atoms. The number of fused-ring (bicyclic) bond motifs is 3. The van der Waals surface area contributed by atoms with Crippen LogP contribution in [0.1, 0.15) is 17.9 Å². The third-order valence-corrected chi connectivity index (χ3v) is 4.16. The largest absolute Gasteiger partial charge is 0.493 e. The summed E-state index contributed by atoms with van der Waals surface area (Å²) in [7, 11) is 1.64. The van der Waals surface area contributed by atoms with Gasteiger partial charge in [0.15, 0.2) is 11.3 Å². The molecule has 1 aromatic heterocycles. The van der Waals surface area contributed by atoms with Crippen LogP contribution in [0.2, 0.25) is 0 Å². The number of carbonyl (C=O) groups excluding carboxylic acids is 1. The first-order valence-corrected chi connectivity index (χ1v) is 7.03. The molecule has 0 bridgehead atoms. The topological polar surface area (TPSA) is 51.5 Å². The van der Waals surface area contributed by atoms with Crippen molar-refractivity contribution in [2.75, 3.05) is 13.7 Å². The fourth-order valence-corrected chi connectivity index (χ4v) is 3.16. The summed E-state index contributed by atoms with van der Waals surface area (Å²) in [5.41, 5.74) is 2.75. The highest BCUT2D eigenvalue weighted by molar-refractivity contribution is 6.09. The highest BCUT2D eigenvalue weighted by atomic mass is 16.5. The molecule has 1 aliphatic rings. The van der Waals surface area contributed by atoms with Crippen molar-refractivity contribution in [3.05, 3.63) is 42.0 Å². The van der Waals surface area contributed by atoms with Crippen LogP contribution < -0.4 is 10.1 Å². The van der Waals surface area contributed by atoms with Gasteiger partial charge in [0.2, 0.25) is 5.91 Å². The van der Waals surface area contributed by atoms with E-state index in [2.05, 4.69) is 5.32 Å². The Balaban J connectivity index is 2.04. The average molecular weight is 281 g/mol. The number of amides is 1. The van der Waals surface area contributed by atoms with Crippen LogP contribution in [0, 0.1) is 0 Å². The van der Waals surface area contributed by atoms with Crippen LogP contribution in [0.5, 0.6) is 5.75 Å². The second-order valence-electron chi connectivity index (χ2n) is 5.36. The maximum absolute atomic E-state index is 11.5. The van der Waals surface area contributed by atoms with Crippen molar-refractivity contribution < 1.29 is 13.9 Å². The van der Waals surface area contributed by atoms with Crippen LogP contribution in [0.3, 0.4) is 0 Å². The molecule has 4 heteroatoms. The SMILES string of the molecule is COc1ccc(C2CNC(=O)C2)c2c1oc1ccccc12. The van der Waals surface area contributed by atoms with Gasteiger partial charge in [0, 0.05) is 29.7 Å². The van der Waals surface area contributed by atoms with E-state index in [9.17, 15) is 4.79 Å². The molecule has 2 heterocycles. The lowest BCUT2D eigenvalue weighted by atomic mass is 9.93. The molecule has 106 valence electrons. The second kappa shape index (κ2) is 4.52. The number of carbonyl (C=O) groups is 1. The molecule has 0 spiro atoms. The highest BCUT2D eigenvalue weighted by Gasteiger charge is 2.27. The van der Waals surface area contributed by atoms with Crippen LogP contribution in [-0.4, -0.2) is 19.6 Å². The molecule has 2 aromatic carbocycles. The number of ether oxygens (including phenoxy) is 1. The normalized spacial score (nSPS) is 18.3. The Morgan fingerprint density at radius 3 is 2.86 bits per heavy atom. The maximum Gasteiger partial charge on any atom is 0.220 e. The predicted molar refractivity (Wildman–Crippen MR) is 80.6 cm³/mol. The Morgan fingerprint density at radius 2 is 2.10 bits per heavy atom. The van der Waals surface area contributed by atoms with Gasteiger partial charge in [0.1, 0.15) is 5.58 Å². The minimum Gasteiger partial charge on any atom is -0.493 e. The van der Waals surface area contributed by atoms with E-state index < -0.39 is 0 Å². The summed E-state index contributed by atoms with van der Waals surface area (Å²) < 4.78 is 11.4. The number of hydrogen-bond donors (Lipinski definition) is 1. The van der Waals surface area contributed by atoms with Gasteiger partial charge in [0.25, 0.3) is 0 Å². The summed E-state index contributed by atoms with van der Waals surface area (Å²) >= 11 is 0. The highest BCUT2D eigenvalue weighted by Crippen LogP contribution is 2.40. The molecule has 4 nitrogen and oxygen atoms in total. The molecule has 1 amide bonds. The molecule has 0 saturated carbocycles. The van der Waals surface area contributed by atoms with E-state index in [0.29, 0.717) is 13.0 Å². The van der Waals surface area contributed by atoms with Gasteiger partial charge in [0.05, 0.1) is 7.11 Å². The van der Waals surface area contributed by atoms with Gasteiger partial charge < -0.3 is 14.5 Å². The molecule has 4 rings (SSSR count). The molecule has 1 unspecified atom stereocenters. The number of benzene rings is 2. The monoisotopic (exact) mass is 281 g/mol. The zero-order chi connectivity index (χ0) is 14.4. The van der Waals surface area contributed by atoms with Gasteiger partial charge in [-0.25, -0.2) is 0 Å². The second-order valence-corrected chi connectivity index (χ2v) is 5.36. The van der Waals surface area contributed by atoms with Crippen LogP contribution in [-0.2, 0) is 4.79 Å². The molecular formula is C17H15NO3. The Hall–Kier alpha value is -2.49. The third kappa shape index (κ3) is 1.79. The number of furan rings is 1. The molecule has 0 aliphatic carbocycles. The van der Waals surface area contributed by atoms with Crippen molar-refractivity contribution in [2.45, 2.75) is 12.3 Å².